The Kier molecular flexibility index (Phi) is 6.14. The Balaban J connectivity index is 1.51. The number of anilines is 1. The highest BCUT2D eigenvalue weighted by molar-refractivity contribution is 5.89. The molecule has 6 nitrogen and oxygen atoms in total. The molecule has 25 heavy (non-hydrogen) atoms. The van der Waals surface area contributed by atoms with E-state index in [9.17, 15) is 4.79 Å². The van der Waals surface area contributed by atoms with Crippen LogP contribution in [0.3, 0.4) is 0 Å². The van der Waals surface area contributed by atoms with Crippen LogP contribution in [0.5, 0.6) is 0 Å². The van der Waals surface area contributed by atoms with Crippen LogP contribution in [0.4, 0.5) is 10.5 Å². The smallest absolute Gasteiger partial charge is 0.321 e. The summed E-state index contributed by atoms with van der Waals surface area (Å²) in [5.41, 5.74) is 7.86. The number of amides is 2. The van der Waals surface area contributed by atoms with E-state index in [0.29, 0.717) is 18.5 Å². The SMILES string of the molecule is NC(=NCc1cccc(NC(=O)N2CCCC2)c1)NC1CCCCC1. The van der Waals surface area contributed by atoms with Gasteiger partial charge in [-0.2, -0.15) is 0 Å². The third-order valence-corrected chi connectivity index (χ3v) is 4.96. The molecule has 0 radical (unpaired) electrons. The third-order valence-electron chi connectivity index (χ3n) is 4.96. The van der Waals surface area contributed by atoms with Crippen molar-refractivity contribution in [1.29, 1.82) is 0 Å². The van der Waals surface area contributed by atoms with Gasteiger partial charge in [-0.15, -0.1) is 0 Å². The number of hydrogen-bond donors (Lipinski definition) is 3. The number of carbonyl (C=O) groups is 1. The summed E-state index contributed by atoms with van der Waals surface area (Å²) >= 11 is 0. The standard InChI is InChI=1S/C19H29N5O/c20-18(22-16-8-2-1-3-9-16)21-14-15-7-6-10-17(13-15)23-19(25)24-11-4-5-12-24/h6-7,10,13,16H,1-5,8-9,11-12,14H2,(H,23,25)(H3,20,21,22). The molecular weight excluding hydrogens is 314 g/mol. The van der Waals surface area contributed by atoms with Crippen LogP contribution in [0, 0.1) is 0 Å². The lowest BCUT2D eigenvalue weighted by Crippen LogP contribution is -2.41. The molecule has 0 spiro atoms. The molecule has 1 saturated carbocycles. The maximum absolute atomic E-state index is 12.2. The van der Waals surface area contributed by atoms with Crippen LogP contribution >= 0.6 is 0 Å². The van der Waals surface area contributed by atoms with Gasteiger partial charge in [-0.1, -0.05) is 31.4 Å². The fraction of sp³-hybridized carbons (Fsp3) is 0.579. The molecule has 0 unspecified atom stereocenters. The van der Waals surface area contributed by atoms with Crippen molar-refractivity contribution in [2.24, 2.45) is 10.7 Å². The van der Waals surface area contributed by atoms with Crippen molar-refractivity contribution >= 4 is 17.7 Å². The molecular formula is C19H29N5O. The van der Waals surface area contributed by atoms with Crippen LogP contribution in [-0.4, -0.2) is 36.0 Å². The summed E-state index contributed by atoms with van der Waals surface area (Å²) in [6.07, 6.45) is 8.39. The summed E-state index contributed by atoms with van der Waals surface area (Å²) in [5, 5.41) is 6.29. The van der Waals surface area contributed by atoms with Crippen molar-refractivity contribution in [2.45, 2.75) is 57.5 Å². The lowest BCUT2D eigenvalue weighted by atomic mass is 9.96. The molecule has 1 aliphatic carbocycles. The minimum absolute atomic E-state index is 0.0170. The lowest BCUT2D eigenvalue weighted by molar-refractivity contribution is 0.222. The molecule has 1 aromatic rings. The minimum Gasteiger partial charge on any atom is -0.370 e. The molecule has 1 heterocycles. The van der Waals surface area contributed by atoms with Crippen molar-refractivity contribution in [3.05, 3.63) is 29.8 Å². The van der Waals surface area contributed by atoms with E-state index in [4.69, 9.17) is 5.73 Å². The number of rotatable bonds is 4. The summed E-state index contributed by atoms with van der Waals surface area (Å²) < 4.78 is 0. The highest BCUT2D eigenvalue weighted by Gasteiger charge is 2.17. The fourth-order valence-electron chi connectivity index (χ4n) is 3.55. The van der Waals surface area contributed by atoms with E-state index in [1.54, 1.807) is 0 Å². The number of guanidine groups is 1. The van der Waals surface area contributed by atoms with Gasteiger partial charge in [0.15, 0.2) is 5.96 Å². The van der Waals surface area contributed by atoms with Gasteiger partial charge < -0.3 is 21.3 Å². The van der Waals surface area contributed by atoms with Crippen molar-refractivity contribution in [2.75, 3.05) is 18.4 Å². The Labute approximate surface area is 149 Å². The molecule has 4 N–H and O–H groups in total. The molecule has 0 atom stereocenters. The van der Waals surface area contributed by atoms with Crippen LogP contribution in [0.2, 0.25) is 0 Å². The fourth-order valence-corrected chi connectivity index (χ4v) is 3.55. The average Bonchev–Trinajstić information content (AvgIpc) is 3.16. The van der Waals surface area contributed by atoms with Gasteiger partial charge in [0.05, 0.1) is 6.54 Å². The second-order valence-electron chi connectivity index (χ2n) is 7.01. The van der Waals surface area contributed by atoms with Crippen LogP contribution in [0.15, 0.2) is 29.3 Å². The summed E-state index contributed by atoms with van der Waals surface area (Å²) in [6, 6.07) is 8.26. The second-order valence-corrected chi connectivity index (χ2v) is 7.01. The number of nitrogens with zero attached hydrogens (tertiary/aromatic N) is 2. The molecule has 2 fully saturated rings. The predicted octanol–water partition coefficient (Wildman–Crippen LogP) is 3.05. The van der Waals surface area contributed by atoms with E-state index in [-0.39, 0.29) is 6.03 Å². The van der Waals surface area contributed by atoms with Gasteiger partial charge in [-0.05, 0) is 43.4 Å². The number of aliphatic imine (C=N–C) groups is 1. The number of carbonyl (C=O) groups excluding carboxylic acids is 1. The van der Waals surface area contributed by atoms with Gasteiger partial charge >= 0.3 is 6.03 Å². The molecule has 0 aromatic heterocycles. The summed E-state index contributed by atoms with van der Waals surface area (Å²) in [6.45, 7) is 2.21. The molecule has 6 heteroatoms. The number of urea groups is 1. The Morgan fingerprint density at radius 1 is 1.16 bits per heavy atom. The van der Waals surface area contributed by atoms with Crippen molar-refractivity contribution in [1.82, 2.24) is 10.2 Å². The maximum atomic E-state index is 12.2. The Morgan fingerprint density at radius 2 is 1.92 bits per heavy atom. The zero-order valence-corrected chi connectivity index (χ0v) is 14.8. The van der Waals surface area contributed by atoms with Gasteiger partial charge in [-0.25, -0.2) is 9.79 Å². The predicted molar refractivity (Wildman–Crippen MR) is 102 cm³/mol. The lowest BCUT2D eigenvalue weighted by Gasteiger charge is -2.23. The zero-order valence-electron chi connectivity index (χ0n) is 14.8. The highest BCUT2D eigenvalue weighted by Crippen LogP contribution is 2.17. The van der Waals surface area contributed by atoms with Gasteiger partial charge in [0.25, 0.3) is 0 Å². The molecule has 2 amide bonds. The first-order chi connectivity index (χ1) is 12.2. The number of likely N-dealkylation sites (tertiary alicyclic amines) is 1. The summed E-state index contributed by atoms with van der Waals surface area (Å²) in [5.74, 6) is 0.512. The Bertz CT molecular complexity index is 604. The van der Waals surface area contributed by atoms with Gasteiger partial charge in [0.2, 0.25) is 0 Å². The summed E-state index contributed by atoms with van der Waals surface area (Å²) in [4.78, 5) is 18.5. The summed E-state index contributed by atoms with van der Waals surface area (Å²) in [7, 11) is 0. The van der Waals surface area contributed by atoms with Crippen LogP contribution in [0.25, 0.3) is 0 Å². The van der Waals surface area contributed by atoms with Gasteiger partial charge in [-0.3, -0.25) is 0 Å². The average molecular weight is 343 g/mol. The molecule has 136 valence electrons. The molecule has 0 bridgehead atoms. The van der Waals surface area contributed by atoms with Crippen molar-refractivity contribution < 1.29 is 4.79 Å². The van der Waals surface area contributed by atoms with Crippen molar-refractivity contribution in [3.8, 4) is 0 Å². The maximum Gasteiger partial charge on any atom is 0.321 e. The van der Waals surface area contributed by atoms with E-state index in [1.165, 1.54) is 32.1 Å². The molecule has 2 aliphatic rings. The topological polar surface area (TPSA) is 82.7 Å². The molecule has 1 aromatic carbocycles. The normalized spacial score (nSPS) is 19.0. The van der Waals surface area contributed by atoms with E-state index >= 15 is 0 Å². The molecule has 1 saturated heterocycles. The largest absolute Gasteiger partial charge is 0.370 e. The van der Waals surface area contributed by atoms with Crippen LogP contribution in [-0.2, 0) is 6.54 Å². The quantitative estimate of drug-likeness (QED) is 0.580. The number of benzene rings is 1. The molecule has 1 aliphatic heterocycles. The van der Waals surface area contributed by atoms with Gasteiger partial charge in [0, 0.05) is 24.8 Å². The monoisotopic (exact) mass is 343 g/mol. The Hall–Kier alpha value is -2.24. The van der Waals surface area contributed by atoms with Crippen molar-refractivity contribution in [3.63, 3.8) is 0 Å². The van der Waals surface area contributed by atoms with Gasteiger partial charge in [0.1, 0.15) is 0 Å². The van der Waals surface area contributed by atoms with E-state index in [0.717, 1.165) is 37.2 Å². The second kappa shape index (κ2) is 8.74. The third kappa shape index (κ3) is 5.37. The molecule has 3 rings (SSSR count). The van der Waals surface area contributed by atoms with Crippen LogP contribution in [0.1, 0.15) is 50.5 Å². The first kappa shape index (κ1) is 17.6. The van der Waals surface area contributed by atoms with E-state index in [2.05, 4.69) is 15.6 Å². The number of nitrogens with one attached hydrogen (secondary N) is 2. The van der Waals surface area contributed by atoms with E-state index in [1.807, 2.05) is 29.2 Å². The zero-order chi connectivity index (χ0) is 17.5. The number of hydrogen-bond acceptors (Lipinski definition) is 2. The highest BCUT2D eigenvalue weighted by atomic mass is 16.2. The van der Waals surface area contributed by atoms with Crippen LogP contribution < -0.4 is 16.4 Å². The first-order valence-corrected chi connectivity index (χ1v) is 9.42. The minimum atomic E-state index is -0.0170. The van der Waals surface area contributed by atoms with E-state index < -0.39 is 0 Å². The first-order valence-electron chi connectivity index (χ1n) is 9.42. The Morgan fingerprint density at radius 3 is 2.68 bits per heavy atom. The number of nitrogens with two attached hydrogens (primary N) is 1.